The van der Waals surface area contributed by atoms with Gasteiger partial charge in [0.25, 0.3) is 5.56 Å². The number of carbonyl (C=O) groups is 1. The second-order valence-electron chi connectivity index (χ2n) is 5.80. The van der Waals surface area contributed by atoms with Gasteiger partial charge in [0.05, 0.1) is 25.1 Å². The van der Waals surface area contributed by atoms with Crippen LogP contribution in [0.1, 0.15) is 6.92 Å². The standard InChI is InChI=1S/C19H21N3O4/c1-4-21-8-6-17-16(19(21)24)5-7-22(17)12-18(23)20-13-9-14(25-2)11-15(10-13)26-3/h5-11H,4,12H2,1-3H3,(H,20,23). The van der Waals surface area contributed by atoms with Gasteiger partial charge in [0.1, 0.15) is 18.0 Å². The number of carbonyl (C=O) groups excluding carboxylic acids is 1. The van der Waals surface area contributed by atoms with Crippen LogP contribution in [0.15, 0.2) is 47.5 Å². The molecule has 3 rings (SSSR count). The second kappa shape index (κ2) is 7.35. The summed E-state index contributed by atoms with van der Waals surface area (Å²) in [6.45, 7) is 2.62. The smallest absolute Gasteiger partial charge is 0.259 e. The summed E-state index contributed by atoms with van der Waals surface area (Å²) >= 11 is 0. The maximum Gasteiger partial charge on any atom is 0.259 e. The number of fused-ring (bicyclic) bond motifs is 1. The molecule has 0 saturated carbocycles. The molecule has 0 radical (unpaired) electrons. The molecule has 0 atom stereocenters. The number of ether oxygens (including phenoxy) is 2. The van der Waals surface area contributed by atoms with Gasteiger partial charge >= 0.3 is 0 Å². The van der Waals surface area contributed by atoms with Crippen LogP contribution < -0.4 is 20.3 Å². The molecule has 0 saturated heterocycles. The lowest BCUT2D eigenvalue weighted by atomic mass is 10.2. The van der Waals surface area contributed by atoms with E-state index in [4.69, 9.17) is 9.47 Å². The summed E-state index contributed by atoms with van der Waals surface area (Å²) in [5.41, 5.74) is 1.26. The van der Waals surface area contributed by atoms with Gasteiger partial charge in [-0.2, -0.15) is 0 Å². The van der Waals surface area contributed by atoms with Gasteiger partial charge in [0.15, 0.2) is 0 Å². The van der Waals surface area contributed by atoms with E-state index in [-0.39, 0.29) is 18.0 Å². The Labute approximate surface area is 150 Å². The highest BCUT2D eigenvalue weighted by Crippen LogP contribution is 2.25. The van der Waals surface area contributed by atoms with Crippen LogP contribution in [0.5, 0.6) is 11.5 Å². The average Bonchev–Trinajstić information content (AvgIpc) is 3.05. The van der Waals surface area contributed by atoms with Crippen LogP contribution in [-0.4, -0.2) is 29.3 Å². The highest BCUT2D eigenvalue weighted by molar-refractivity contribution is 5.92. The van der Waals surface area contributed by atoms with E-state index >= 15 is 0 Å². The molecular weight excluding hydrogens is 334 g/mol. The normalized spacial score (nSPS) is 10.7. The first kappa shape index (κ1) is 17.6. The maximum absolute atomic E-state index is 12.4. The zero-order chi connectivity index (χ0) is 18.7. The number of amides is 1. The number of hydrogen-bond donors (Lipinski definition) is 1. The molecule has 1 amide bonds. The molecule has 136 valence electrons. The predicted octanol–water partition coefficient (Wildman–Crippen LogP) is 2.48. The van der Waals surface area contributed by atoms with Crippen molar-refractivity contribution in [1.82, 2.24) is 9.13 Å². The Morgan fingerprint density at radius 3 is 2.31 bits per heavy atom. The summed E-state index contributed by atoms with van der Waals surface area (Å²) < 4.78 is 13.8. The topological polar surface area (TPSA) is 74.5 Å². The number of nitrogens with zero attached hydrogens (tertiary/aromatic N) is 2. The number of nitrogens with one attached hydrogen (secondary N) is 1. The molecular formula is C19H21N3O4. The Balaban J connectivity index is 1.82. The minimum atomic E-state index is -0.211. The van der Waals surface area contributed by atoms with Gasteiger partial charge in [-0.15, -0.1) is 0 Å². The van der Waals surface area contributed by atoms with Crippen LogP contribution in [0, 0.1) is 0 Å². The Hall–Kier alpha value is -3.22. The van der Waals surface area contributed by atoms with Crippen LogP contribution >= 0.6 is 0 Å². The molecule has 2 heterocycles. The number of aromatic nitrogens is 2. The molecule has 26 heavy (non-hydrogen) atoms. The van der Waals surface area contributed by atoms with Gasteiger partial charge < -0.3 is 23.9 Å². The molecule has 0 bridgehead atoms. The summed E-state index contributed by atoms with van der Waals surface area (Å²) in [6, 6.07) is 8.75. The number of hydrogen-bond acceptors (Lipinski definition) is 4. The van der Waals surface area contributed by atoms with Crippen molar-refractivity contribution >= 4 is 22.5 Å². The van der Waals surface area contributed by atoms with E-state index in [2.05, 4.69) is 5.32 Å². The minimum Gasteiger partial charge on any atom is -0.497 e. The van der Waals surface area contributed by atoms with Crippen LogP contribution in [0.4, 0.5) is 5.69 Å². The van der Waals surface area contributed by atoms with Crippen molar-refractivity contribution in [2.45, 2.75) is 20.0 Å². The fourth-order valence-electron chi connectivity index (χ4n) is 2.86. The van der Waals surface area contributed by atoms with Crippen molar-refractivity contribution in [3.05, 3.63) is 53.1 Å². The maximum atomic E-state index is 12.4. The summed E-state index contributed by atoms with van der Waals surface area (Å²) in [7, 11) is 3.10. The molecule has 3 aromatic rings. The zero-order valence-electron chi connectivity index (χ0n) is 15.0. The fraction of sp³-hybridized carbons (Fsp3) is 0.263. The van der Waals surface area contributed by atoms with Gasteiger partial charge in [-0.05, 0) is 19.1 Å². The quantitative estimate of drug-likeness (QED) is 0.737. The van der Waals surface area contributed by atoms with Gasteiger partial charge in [0, 0.05) is 42.8 Å². The van der Waals surface area contributed by atoms with Gasteiger partial charge in [0.2, 0.25) is 5.91 Å². The molecule has 0 aliphatic carbocycles. The number of rotatable bonds is 6. The van der Waals surface area contributed by atoms with Gasteiger partial charge in [-0.1, -0.05) is 0 Å². The first-order valence-corrected chi connectivity index (χ1v) is 8.27. The van der Waals surface area contributed by atoms with Crippen LogP contribution in [-0.2, 0) is 17.9 Å². The van der Waals surface area contributed by atoms with Crippen molar-refractivity contribution in [3.8, 4) is 11.5 Å². The molecule has 2 aromatic heterocycles. The van der Waals surface area contributed by atoms with Crippen molar-refractivity contribution in [1.29, 1.82) is 0 Å². The highest BCUT2D eigenvalue weighted by Gasteiger charge is 2.11. The number of anilines is 1. The van der Waals surface area contributed by atoms with Crippen molar-refractivity contribution in [3.63, 3.8) is 0 Å². The fourth-order valence-corrected chi connectivity index (χ4v) is 2.86. The lowest BCUT2D eigenvalue weighted by Gasteiger charge is -2.11. The highest BCUT2D eigenvalue weighted by atomic mass is 16.5. The Bertz CT molecular complexity index is 981. The van der Waals surface area contributed by atoms with Crippen molar-refractivity contribution in [2.24, 2.45) is 0 Å². The molecule has 0 aliphatic rings. The first-order chi connectivity index (χ1) is 12.5. The first-order valence-electron chi connectivity index (χ1n) is 8.27. The van der Waals surface area contributed by atoms with E-state index in [0.29, 0.717) is 29.1 Å². The Kier molecular flexibility index (Phi) is 4.97. The molecule has 0 fully saturated rings. The lowest BCUT2D eigenvalue weighted by Crippen LogP contribution is -2.20. The molecule has 1 N–H and O–H groups in total. The van der Waals surface area contributed by atoms with E-state index in [1.54, 1.807) is 60.0 Å². The van der Waals surface area contributed by atoms with E-state index in [9.17, 15) is 9.59 Å². The number of methoxy groups -OCH3 is 2. The molecule has 0 aliphatic heterocycles. The van der Waals surface area contributed by atoms with Crippen LogP contribution in [0.2, 0.25) is 0 Å². The van der Waals surface area contributed by atoms with Crippen molar-refractivity contribution in [2.75, 3.05) is 19.5 Å². The Morgan fingerprint density at radius 2 is 1.69 bits per heavy atom. The Morgan fingerprint density at radius 1 is 1.04 bits per heavy atom. The summed E-state index contributed by atoms with van der Waals surface area (Å²) in [4.78, 5) is 24.7. The second-order valence-corrected chi connectivity index (χ2v) is 5.80. The van der Waals surface area contributed by atoms with Crippen molar-refractivity contribution < 1.29 is 14.3 Å². The van der Waals surface area contributed by atoms with Crippen LogP contribution in [0.3, 0.4) is 0 Å². The average molecular weight is 355 g/mol. The summed E-state index contributed by atoms with van der Waals surface area (Å²) in [6.07, 6.45) is 3.49. The molecule has 1 aromatic carbocycles. The zero-order valence-corrected chi connectivity index (χ0v) is 15.0. The number of benzene rings is 1. The molecule has 0 unspecified atom stereocenters. The predicted molar refractivity (Wildman–Crippen MR) is 100 cm³/mol. The largest absolute Gasteiger partial charge is 0.497 e. The summed E-state index contributed by atoms with van der Waals surface area (Å²) in [5.74, 6) is 0.967. The van der Waals surface area contributed by atoms with Crippen LogP contribution in [0.25, 0.3) is 10.9 Å². The van der Waals surface area contributed by atoms with E-state index in [1.807, 2.05) is 13.0 Å². The third-order valence-corrected chi connectivity index (χ3v) is 4.20. The third kappa shape index (κ3) is 3.42. The summed E-state index contributed by atoms with van der Waals surface area (Å²) in [5, 5.41) is 3.43. The van der Waals surface area contributed by atoms with Gasteiger partial charge in [-0.25, -0.2) is 0 Å². The monoisotopic (exact) mass is 355 g/mol. The lowest BCUT2D eigenvalue weighted by molar-refractivity contribution is -0.116. The molecule has 0 spiro atoms. The molecule has 7 nitrogen and oxygen atoms in total. The van der Waals surface area contributed by atoms with Gasteiger partial charge in [-0.3, -0.25) is 9.59 Å². The van der Waals surface area contributed by atoms with E-state index < -0.39 is 0 Å². The van der Waals surface area contributed by atoms with E-state index in [1.165, 1.54) is 0 Å². The number of pyridine rings is 1. The minimum absolute atomic E-state index is 0.0540. The number of aryl methyl sites for hydroxylation is 1. The van der Waals surface area contributed by atoms with E-state index in [0.717, 1.165) is 5.52 Å². The SMILES string of the molecule is CCn1ccc2c(ccn2CC(=O)Nc2cc(OC)cc(OC)c2)c1=O. The third-order valence-electron chi connectivity index (χ3n) is 4.20. The molecule has 7 heteroatoms.